The highest BCUT2D eigenvalue weighted by Crippen LogP contribution is 2.58. The lowest BCUT2D eigenvalue weighted by Crippen LogP contribution is -2.27. The van der Waals surface area contributed by atoms with E-state index in [0.29, 0.717) is 23.0 Å². The Hall–Kier alpha value is -6.46. The zero-order valence-corrected chi connectivity index (χ0v) is 30.0. The Kier molecular flexibility index (Phi) is 6.80. The van der Waals surface area contributed by atoms with Gasteiger partial charge in [-0.3, -0.25) is 0 Å². The molecule has 3 aliphatic rings. The van der Waals surface area contributed by atoms with Gasteiger partial charge >= 0.3 is 0 Å². The molecule has 53 heavy (non-hydrogen) atoms. The Balaban J connectivity index is 1.15. The molecule has 5 heteroatoms. The summed E-state index contributed by atoms with van der Waals surface area (Å²) in [5.74, 6) is 6.20. The van der Waals surface area contributed by atoms with Crippen LogP contribution < -0.4 is 23.8 Å². The highest BCUT2D eigenvalue weighted by atomic mass is 16.6. The molecule has 0 aliphatic carbocycles. The minimum Gasteiger partial charge on any atom is -0.455 e. The minimum atomic E-state index is -0.281. The highest BCUT2D eigenvalue weighted by Gasteiger charge is 2.39. The number of para-hydroxylation sites is 7. The fourth-order valence-electron chi connectivity index (χ4n) is 8.23. The molecule has 10 rings (SSSR count). The molecule has 258 valence electrons. The molecule has 0 bridgehead atoms. The molecule has 0 amide bonds. The van der Waals surface area contributed by atoms with Gasteiger partial charge < -0.3 is 23.8 Å². The van der Waals surface area contributed by atoms with Gasteiger partial charge in [-0.2, -0.15) is 0 Å². The zero-order chi connectivity index (χ0) is 35.9. The predicted octanol–water partition coefficient (Wildman–Crippen LogP) is 13.6. The number of anilines is 3. The smallest absolute Gasteiger partial charge is 0.177 e. The van der Waals surface area contributed by atoms with E-state index >= 15 is 0 Å². The summed E-state index contributed by atoms with van der Waals surface area (Å²) in [4.78, 5) is 2.28. The monoisotopic (exact) mass is 691 g/mol. The van der Waals surface area contributed by atoms with Crippen molar-refractivity contribution >= 4 is 17.1 Å². The first-order chi connectivity index (χ1) is 25.8. The molecule has 7 aromatic carbocycles. The van der Waals surface area contributed by atoms with Gasteiger partial charge in [0, 0.05) is 44.3 Å². The molecule has 0 radical (unpaired) electrons. The van der Waals surface area contributed by atoms with Gasteiger partial charge in [-0.1, -0.05) is 125 Å². The second kappa shape index (κ2) is 11.5. The van der Waals surface area contributed by atoms with Crippen molar-refractivity contribution in [2.75, 3.05) is 4.90 Å². The van der Waals surface area contributed by atoms with E-state index < -0.39 is 0 Å². The lowest BCUT2D eigenvalue weighted by molar-refractivity contribution is 0.361. The molecular formula is C48H37NO4. The number of rotatable bonds is 4. The fraction of sp³-hybridized carbons (Fsp3) is 0.125. The van der Waals surface area contributed by atoms with Crippen LogP contribution in [0, 0.1) is 0 Å². The van der Waals surface area contributed by atoms with Gasteiger partial charge in [0.1, 0.15) is 11.5 Å². The minimum absolute atomic E-state index is 0.281. The van der Waals surface area contributed by atoms with E-state index in [1.807, 2.05) is 48.5 Å². The molecule has 0 fully saturated rings. The Bertz CT molecular complexity index is 2480. The lowest BCUT2D eigenvalue weighted by atomic mass is 9.75. The summed E-state index contributed by atoms with van der Waals surface area (Å²) < 4.78 is 26.4. The third kappa shape index (κ3) is 4.77. The molecule has 3 aliphatic heterocycles. The van der Waals surface area contributed by atoms with Crippen LogP contribution in [0.4, 0.5) is 17.1 Å². The lowest BCUT2D eigenvalue weighted by Gasteiger charge is -2.39. The number of nitrogens with zero attached hydrogens (tertiary/aromatic N) is 1. The predicted molar refractivity (Wildman–Crippen MR) is 210 cm³/mol. The van der Waals surface area contributed by atoms with Gasteiger partial charge in [0.25, 0.3) is 0 Å². The first kappa shape index (κ1) is 31.3. The van der Waals surface area contributed by atoms with Gasteiger partial charge in [-0.15, -0.1) is 0 Å². The van der Waals surface area contributed by atoms with Crippen molar-refractivity contribution in [3.63, 3.8) is 0 Å². The van der Waals surface area contributed by atoms with Gasteiger partial charge in [-0.25, -0.2) is 0 Å². The quantitative estimate of drug-likeness (QED) is 0.184. The topological polar surface area (TPSA) is 40.2 Å². The van der Waals surface area contributed by atoms with Crippen molar-refractivity contribution in [1.82, 2.24) is 0 Å². The van der Waals surface area contributed by atoms with E-state index in [9.17, 15) is 0 Å². The number of ether oxygens (including phenoxy) is 4. The maximum atomic E-state index is 6.88. The highest BCUT2D eigenvalue weighted by molar-refractivity contribution is 5.88. The maximum Gasteiger partial charge on any atom is 0.177 e. The van der Waals surface area contributed by atoms with E-state index in [0.717, 1.165) is 62.3 Å². The Morgan fingerprint density at radius 2 is 0.792 bits per heavy atom. The third-order valence-corrected chi connectivity index (χ3v) is 11.1. The van der Waals surface area contributed by atoms with Crippen LogP contribution in [0.3, 0.4) is 0 Å². The van der Waals surface area contributed by atoms with Crippen LogP contribution >= 0.6 is 0 Å². The van der Waals surface area contributed by atoms with Crippen LogP contribution in [0.15, 0.2) is 152 Å². The molecule has 0 spiro atoms. The summed E-state index contributed by atoms with van der Waals surface area (Å²) in [6.45, 7) is 9.09. The van der Waals surface area contributed by atoms with Crippen molar-refractivity contribution in [2.45, 2.75) is 38.5 Å². The van der Waals surface area contributed by atoms with Crippen molar-refractivity contribution < 1.29 is 18.9 Å². The first-order valence-corrected chi connectivity index (χ1v) is 18.1. The van der Waals surface area contributed by atoms with Gasteiger partial charge in [0.2, 0.25) is 0 Å². The molecule has 3 heterocycles. The normalized spacial score (nSPS) is 14.9. The van der Waals surface area contributed by atoms with Crippen molar-refractivity contribution in [3.05, 3.63) is 174 Å². The Morgan fingerprint density at radius 1 is 0.358 bits per heavy atom. The van der Waals surface area contributed by atoms with Crippen molar-refractivity contribution in [3.8, 4) is 57.1 Å². The van der Waals surface area contributed by atoms with Crippen LogP contribution in [0.1, 0.15) is 49.9 Å². The SMILES string of the molecule is CC1(C)c2ccccc2Oc2c(N(c3ccc(-c4cccc5c4Oc4ccccc4O5)cc3)c3cccc4c3Oc3ccccc3C4(C)C)cccc21. The van der Waals surface area contributed by atoms with E-state index in [-0.39, 0.29) is 10.8 Å². The van der Waals surface area contributed by atoms with Gasteiger partial charge in [0.05, 0.1) is 11.4 Å². The van der Waals surface area contributed by atoms with Gasteiger partial charge in [-0.05, 0) is 60.2 Å². The largest absolute Gasteiger partial charge is 0.455 e. The summed E-state index contributed by atoms with van der Waals surface area (Å²) in [5, 5.41) is 0. The molecular weight excluding hydrogens is 655 g/mol. The van der Waals surface area contributed by atoms with Crippen LogP contribution in [0.2, 0.25) is 0 Å². The van der Waals surface area contributed by atoms with E-state index in [1.54, 1.807) is 0 Å². The number of hydrogen-bond donors (Lipinski definition) is 0. The molecule has 0 saturated carbocycles. The van der Waals surface area contributed by atoms with Crippen LogP contribution in [-0.4, -0.2) is 0 Å². The van der Waals surface area contributed by atoms with E-state index in [2.05, 4.69) is 136 Å². The first-order valence-electron chi connectivity index (χ1n) is 18.1. The fourth-order valence-corrected chi connectivity index (χ4v) is 8.23. The van der Waals surface area contributed by atoms with Gasteiger partial charge in [0.15, 0.2) is 34.5 Å². The Morgan fingerprint density at radius 3 is 1.36 bits per heavy atom. The second-order valence-electron chi connectivity index (χ2n) is 14.9. The molecule has 0 saturated heterocycles. The molecule has 5 nitrogen and oxygen atoms in total. The maximum absolute atomic E-state index is 6.88. The average molecular weight is 692 g/mol. The average Bonchev–Trinajstić information content (AvgIpc) is 3.18. The number of benzene rings is 7. The van der Waals surface area contributed by atoms with Crippen molar-refractivity contribution in [2.24, 2.45) is 0 Å². The second-order valence-corrected chi connectivity index (χ2v) is 14.9. The molecule has 0 N–H and O–H groups in total. The Labute approximate surface area is 309 Å². The number of hydrogen-bond acceptors (Lipinski definition) is 5. The molecule has 0 unspecified atom stereocenters. The number of fused-ring (bicyclic) bond motifs is 6. The van der Waals surface area contributed by atoms with Crippen LogP contribution in [-0.2, 0) is 10.8 Å². The zero-order valence-electron chi connectivity index (χ0n) is 30.0. The summed E-state index contributed by atoms with van der Waals surface area (Å²) in [5.41, 5.74) is 8.80. The molecule has 0 aromatic heterocycles. The van der Waals surface area contributed by atoms with E-state index in [1.165, 1.54) is 11.1 Å². The summed E-state index contributed by atoms with van der Waals surface area (Å²) in [6, 6.07) is 52.0. The standard InChI is InChI=1S/C48H37NO4/c1-47(2)33-15-5-7-21-39(33)51-45-35(47)17-12-19-37(45)49(38-20-13-18-36-46(38)52-40-22-8-6-16-34(40)48(36,3)4)31-28-26-30(27-29-31)32-14-11-25-43-44(32)53-42-24-10-9-23-41(42)50-43/h5-29H,1-4H3. The van der Waals surface area contributed by atoms with E-state index in [4.69, 9.17) is 18.9 Å². The molecule has 0 atom stereocenters. The molecule has 7 aromatic rings. The summed E-state index contributed by atoms with van der Waals surface area (Å²) >= 11 is 0. The summed E-state index contributed by atoms with van der Waals surface area (Å²) in [7, 11) is 0. The third-order valence-electron chi connectivity index (χ3n) is 11.1. The van der Waals surface area contributed by atoms with Crippen LogP contribution in [0.5, 0.6) is 46.0 Å². The van der Waals surface area contributed by atoms with Crippen molar-refractivity contribution in [1.29, 1.82) is 0 Å². The van der Waals surface area contributed by atoms with Crippen LogP contribution in [0.25, 0.3) is 11.1 Å². The summed E-state index contributed by atoms with van der Waals surface area (Å²) in [6.07, 6.45) is 0.